The lowest BCUT2D eigenvalue weighted by molar-refractivity contribution is 0.352. The Hall–Kier alpha value is -1.02. The largest absolute Gasteiger partial charge is 0.496 e. The first-order valence-corrected chi connectivity index (χ1v) is 7.22. The van der Waals surface area contributed by atoms with Gasteiger partial charge >= 0.3 is 0 Å². The van der Waals surface area contributed by atoms with Gasteiger partial charge in [0, 0.05) is 6.04 Å². The van der Waals surface area contributed by atoms with Crippen molar-refractivity contribution in [3.63, 3.8) is 0 Å². The standard InChI is InChI=1S/C16H23NO/c1-18-16-5-3-2-4-13(16)8-9-17-15-11-12-6-7-14(15)10-12/h2-5,12,14-15,17H,6-11H2,1H3/t12-,14+,15-/m0/s1. The second kappa shape index (κ2) is 5.31. The van der Waals surface area contributed by atoms with Gasteiger partial charge in [-0.25, -0.2) is 0 Å². The van der Waals surface area contributed by atoms with Gasteiger partial charge in [0.05, 0.1) is 7.11 Å². The van der Waals surface area contributed by atoms with E-state index in [1.807, 2.05) is 12.1 Å². The Labute approximate surface area is 110 Å². The summed E-state index contributed by atoms with van der Waals surface area (Å²) in [7, 11) is 1.75. The van der Waals surface area contributed by atoms with Gasteiger partial charge in [0.25, 0.3) is 0 Å². The molecule has 3 rings (SSSR count). The van der Waals surface area contributed by atoms with Crippen molar-refractivity contribution in [2.45, 2.75) is 38.1 Å². The number of hydrogen-bond acceptors (Lipinski definition) is 2. The molecule has 2 fully saturated rings. The Morgan fingerprint density at radius 2 is 2.11 bits per heavy atom. The molecule has 98 valence electrons. The fourth-order valence-electron chi connectivity index (χ4n) is 3.80. The predicted octanol–water partition coefficient (Wildman–Crippen LogP) is 3.02. The number of nitrogens with one attached hydrogen (secondary N) is 1. The summed E-state index contributed by atoms with van der Waals surface area (Å²) >= 11 is 0. The summed E-state index contributed by atoms with van der Waals surface area (Å²) in [5.41, 5.74) is 1.32. The minimum atomic E-state index is 0.790. The first kappa shape index (κ1) is 12.0. The first-order chi connectivity index (χ1) is 8.86. The molecule has 2 heteroatoms. The molecule has 0 aliphatic heterocycles. The third-order valence-electron chi connectivity index (χ3n) is 4.73. The Morgan fingerprint density at radius 3 is 2.83 bits per heavy atom. The van der Waals surface area contributed by atoms with Gasteiger partial charge < -0.3 is 10.1 Å². The zero-order valence-corrected chi connectivity index (χ0v) is 11.2. The van der Waals surface area contributed by atoms with Crippen LogP contribution in [0.3, 0.4) is 0 Å². The second-order valence-corrected chi connectivity index (χ2v) is 5.80. The Kier molecular flexibility index (Phi) is 3.55. The second-order valence-electron chi connectivity index (χ2n) is 5.80. The van der Waals surface area contributed by atoms with Crippen molar-refractivity contribution in [3.05, 3.63) is 29.8 Å². The molecule has 0 saturated heterocycles. The summed E-state index contributed by atoms with van der Waals surface area (Å²) in [5.74, 6) is 3.01. The van der Waals surface area contributed by atoms with E-state index in [0.717, 1.165) is 36.6 Å². The fraction of sp³-hybridized carbons (Fsp3) is 0.625. The highest BCUT2D eigenvalue weighted by Crippen LogP contribution is 2.44. The van der Waals surface area contributed by atoms with E-state index in [1.165, 1.54) is 31.2 Å². The third kappa shape index (κ3) is 2.39. The molecule has 1 aromatic carbocycles. The van der Waals surface area contributed by atoms with Gasteiger partial charge in [0.15, 0.2) is 0 Å². The van der Waals surface area contributed by atoms with Crippen LogP contribution in [0.2, 0.25) is 0 Å². The lowest BCUT2D eigenvalue weighted by Crippen LogP contribution is -2.35. The maximum absolute atomic E-state index is 5.39. The molecule has 0 amide bonds. The number of fused-ring (bicyclic) bond motifs is 2. The molecular weight excluding hydrogens is 222 g/mol. The fourth-order valence-corrected chi connectivity index (χ4v) is 3.80. The molecule has 0 radical (unpaired) electrons. The van der Waals surface area contributed by atoms with Crippen LogP contribution in [0.15, 0.2) is 24.3 Å². The van der Waals surface area contributed by atoms with Crippen molar-refractivity contribution >= 4 is 0 Å². The number of benzene rings is 1. The van der Waals surface area contributed by atoms with Crippen LogP contribution in [0.5, 0.6) is 5.75 Å². The number of rotatable bonds is 5. The molecular formula is C16H23NO. The van der Waals surface area contributed by atoms with Crippen LogP contribution in [0, 0.1) is 11.8 Å². The zero-order chi connectivity index (χ0) is 12.4. The number of ether oxygens (including phenoxy) is 1. The molecule has 0 heterocycles. The van der Waals surface area contributed by atoms with E-state index in [2.05, 4.69) is 17.4 Å². The number of hydrogen-bond donors (Lipinski definition) is 1. The van der Waals surface area contributed by atoms with E-state index in [1.54, 1.807) is 7.11 Å². The van der Waals surface area contributed by atoms with E-state index in [-0.39, 0.29) is 0 Å². The number of methoxy groups -OCH3 is 1. The smallest absolute Gasteiger partial charge is 0.122 e. The van der Waals surface area contributed by atoms with Crippen LogP contribution >= 0.6 is 0 Å². The monoisotopic (exact) mass is 245 g/mol. The maximum atomic E-state index is 5.39. The minimum Gasteiger partial charge on any atom is -0.496 e. The van der Waals surface area contributed by atoms with Crippen molar-refractivity contribution in [1.29, 1.82) is 0 Å². The van der Waals surface area contributed by atoms with Gasteiger partial charge in [0.1, 0.15) is 5.75 Å². The average molecular weight is 245 g/mol. The van der Waals surface area contributed by atoms with Crippen molar-refractivity contribution in [2.24, 2.45) is 11.8 Å². The molecule has 3 atom stereocenters. The average Bonchev–Trinajstić information content (AvgIpc) is 3.02. The highest BCUT2D eigenvalue weighted by Gasteiger charge is 2.38. The third-order valence-corrected chi connectivity index (χ3v) is 4.73. The molecule has 2 nitrogen and oxygen atoms in total. The van der Waals surface area contributed by atoms with Crippen LogP contribution in [-0.4, -0.2) is 19.7 Å². The van der Waals surface area contributed by atoms with Crippen molar-refractivity contribution < 1.29 is 4.74 Å². The quantitative estimate of drug-likeness (QED) is 0.861. The van der Waals surface area contributed by atoms with Gasteiger partial charge in [-0.2, -0.15) is 0 Å². The Balaban J connectivity index is 1.50. The normalized spacial score (nSPS) is 29.7. The van der Waals surface area contributed by atoms with Gasteiger partial charge in [-0.3, -0.25) is 0 Å². The lowest BCUT2D eigenvalue weighted by atomic mass is 9.95. The molecule has 2 bridgehead atoms. The number of para-hydroxylation sites is 1. The zero-order valence-electron chi connectivity index (χ0n) is 11.2. The van der Waals surface area contributed by atoms with Gasteiger partial charge in [-0.15, -0.1) is 0 Å². The summed E-state index contributed by atoms with van der Waals surface area (Å²) < 4.78 is 5.39. The Bertz CT molecular complexity index is 404. The predicted molar refractivity (Wildman–Crippen MR) is 73.9 cm³/mol. The van der Waals surface area contributed by atoms with Crippen LogP contribution in [0.4, 0.5) is 0 Å². The van der Waals surface area contributed by atoms with Crippen LogP contribution < -0.4 is 10.1 Å². The van der Waals surface area contributed by atoms with Crippen LogP contribution in [0.1, 0.15) is 31.2 Å². The van der Waals surface area contributed by atoms with E-state index in [4.69, 9.17) is 4.74 Å². The summed E-state index contributed by atoms with van der Waals surface area (Å²) in [5, 5.41) is 3.76. The van der Waals surface area contributed by atoms with E-state index < -0.39 is 0 Å². The van der Waals surface area contributed by atoms with Gasteiger partial charge in [-0.1, -0.05) is 24.6 Å². The van der Waals surface area contributed by atoms with Gasteiger partial charge in [-0.05, 0) is 55.7 Å². The minimum absolute atomic E-state index is 0.790. The summed E-state index contributed by atoms with van der Waals surface area (Å²) in [4.78, 5) is 0. The van der Waals surface area contributed by atoms with E-state index >= 15 is 0 Å². The maximum Gasteiger partial charge on any atom is 0.122 e. The topological polar surface area (TPSA) is 21.3 Å². The highest BCUT2D eigenvalue weighted by molar-refractivity contribution is 5.33. The molecule has 18 heavy (non-hydrogen) atoms. The van der Waals surface area contributed by atoms with Gasteiger partial charge in [0.2, 0.25) is 0 Å². The van der Waals surface area contributed by atoms with Crippen LogP contribution in [-0.2, 0) is 6.42 Å². The summed E-state index contributed by atoms with van der Waals surface area (Å²) in [6.07, 6.45) is 6.90. The molecule has 2 aliphatic rings. The van der Waals surface area contributed by atoms with E-state index in [0.29, 0.717) is 0 Å². The van der Waals surface area contributed by atoms with Crippen molar-refractivity contribution in [1.82, 2.24) is 5.32 Å². The summed E-state index contributed by atoms with van der Waals surface area (Å²) in [6, 6.07) is 9.13. The molecule has 2 aliphatic carbocycles. The lowest BCUT2D eigenvalue weighted by Gasteiger charge is -2.23. The SMILES string of the molecule is COc1ccccc1CCN[C@H]1C[C@H]2CC[C@@H]1C2. The Morgan fingerprint density at radius 1 is 1.22 bits per heavy atom. The molecule has 0 spiro atoms. The molecule has 2 saturated carbocycles. The van der Waals surface area contributed by atoms with E-state index in [9.17, 15) is 0 Å². The first-order valence-electron chi connectivity index (χ1n) is 7.22. The van der Waals surface area contributed by atoms with Crippen molar-refractivity contribution in [3.8, 4) is 5.75 Å². The summed E-state index contributed by atoms with van der Waals surface area (Å²) in [6.45, 7) is 1.08. The van der Waals surface area contributed by atoms with Crippen LogP contribution in [0.25, 0.3) is 0 Å². The highest BCUT2D eigenvalue weighted by atomic mass is 16.5. The molecule has 1 N–H and O–H groups in total. The molecule has 0 aromatic heterocycles. The molecule has 1 aromatic rings. The van der Waals surface area contributed by atoms with Crippen molar-refractivity contribution in [2.75, 3.05) is 13.7 Å². The molecule has 0 unspecified atom stereocenters.